The molecule has 2 amide bonds. The van der Waals surface area contributed by atoms with Crippen LogP contribution in [0.5, 0.6) is 0 Å². The van der Waals surface area contributed by atoms with E-state index < -0.39 is 27.9 Å². The maximum atomic E-state index is 12.9. The summed E-state index contributed by atoms with van der Waals surface area (Å²) in [5.41, 5.74) is 1.12. The van der Waals surface area contributed by atoms with Crippen molar-refractivity contribution in [3.63, 3.8) is 0 Å². The van der Waals surface area contributed by atoms with E-state index in [-0.39, 0.29) is 29.5 Å². The van der Waals surface area contributed by atoms with Crippen molar-refractivity contribution in [2.75, 3.05) is 31.6 Å². The van der Waals surface area contributed by atoms with Crippen molar-refractivity contribution in [1.29, 1.82) is 0 Å². The van der Waals surface area contributed by atoms with Gasteiger partial charge in [0.25, 0.3) is 5.91 Å². The molecule has 1 aliphatic rings. The number of sulfonamides is 1. The second-order valence-corrected chi connectivity index (χ2v) is 9.89. The monoisotopic (exact) mass is 460 g/mol. The molecule has 1 aromatic heterocycles. The predicted molar refractivity (Wildman–Crippen MR) is 120 cm³/mol. The molecule has 2 heterocycles. The molecule has 1 aromatic carbocycles. The standard InChI is InChI=1S/C22H28N4O5S/c1-15(2)20(22(28)24-19-8-7-16(3)14-23-19)25-21(27)17-5-4-6-18(13-17)32(29,30)26-9-11-31-12-10-26/h4-8,13-15,20H,9-12H2,1-3H3,(H,25,27)(H,23,24,28)/t20-/m0/s1. The maximum Gasteiger partial charge on any atom is 0.251 e. The lowest BCUT2D eigenvalue weighted by Crippen LogP contribution is -2.47. The number of nitrogens with zero attached hydrogens (tertiary/aromatic N) is 2. The van der Waals surface area contributed by atoms with Gasteiger partial charge < -0.3 is 15.4 Å². The molecule has 0 unspecified atom stereocenters. The molecule has 0 spiro atoms. The highest BCUT2D eigenvalue weighted by Crippen LogP contribution is 2.19. The number of anilines is 1. The van der Waals surface area contributed by atoms with Crippen LogP contribution in [-0.4, -0.2) is 61.9 Å². The fourth-order valence-electron chi connectivity index (χ4n) is 3.24. The van der Waals surface area contributed by atoms with Crippen molar-refractivity contribution in [3.8, 4) is 0 Å². The number of rotatable bonds is 7. The molecular formula is C22H28N4O5S. The number of nitrogens with one attached hydrogen (secondary N) is 2. The van der Waals surface area contributed by atoms with Gasteiger partial charge in [0.2, 0.25) is 15.9 Å². The second-order valence-electron chi connectivity index (χ2n) is 7.95. The van der Waals surface area contributed by atoms with Crippen LogP contribution in [0.15, 0.2) is 47.5 Å². The first-order chi connectivity index (χ1) is 15.2. The number of ether oxygens (including phenoxy) is 1. The maximum absolute atomic E-state index is 12.9. The van der Waals surface area contributed by atoms with E-state index in [0.717, 1.165) is 5.56 Å². The largest absolute Gasteiger partial charge is 0.379 e. The van der Waals surface area contributed by atoms with Crippen LogP contribution in [0.3, 0.4) is 0 Å². The first-order valence-corrected chi connectivity index (χ1v) is 11.8. The van der Waals surface area contributed by atoms with Gasteiger partial charge in [-0.25, -0.2) is 13.4 Å². The Morgan fingerprint density at radius 2 is 1.84 bits per heavy atom. The highest BCUT2D eigenvalue weighted by molar-refractivity contribution is 7.89. The van der Waals surface area contributed by atoms with Gasteiger partial charge >= 0.3 is 0 Å². The molecule has 0 bridgehead atoms. The van der Waals surface area contributed by atoms with E-state index in [0.29, 0.717) is 19.0 Å². The summed E-state index contributed by atoms with van der Waals surface area (Å²) in [5.74, 6) is -0.750. The minimum Gasteiger partial charge on any atom is -0.379 e. The quantitative estimate of drug-likeness (QED) is 0.651. The Hall–Kier alpha value is -2.82. The lowest BCUT2D eigenvalue weighted by Gasteiger charge is -2.26. The Kier molecular flexibility index (Phi) is 7.60. The van der Waals surface area contributed by atoms with Crippen LogP contribution >= 0.6 is 0 Å². The topological polar surface area (TPSA) is 118 Å². The fraction of sp³-hybridized carbons (Fsp3) is 0.409. The third-order valence-electron chi connectivity index (χ3n) is 5.10. The number of aryl methyl sites for hydroxylation is 1. The van der Waals surface area contributed by atoms with Crippen molar-refractivity contribution in [2.24, 2.45) is 5.92 Å². The number of amides is 2. The number of hydrogen-bond donors (Lipinski definition) is 2. The molecule has 172 valence electrons. The van der Waals surface area contributed by atoms with Gasteiger partial charge in [-0.15, -0.1) is 0 Å². The van der Waals surface area contributed by atoms with E-state index in [2.05, 4.69) is 15.6 Å². The highest BCUT2D eigenvalue weighted by atomic mass is 32.2. The molecule has 9 nitrogen and oxygen atoms in total. The summed E-state index contributed by atoms with van der Waals surface area (Å²) in [6.45, 7) is 6.71. The minimum absolute atomic E-state index is 0.0291. The first-order valence-electron chi connectivity index (χ1n) is 10.4. The van der Waals surface area contributed by atoms with Gasteiger partial charge in [0, 0.05) is 24.8 Å². The Morgan fingerprint density at radius 3 is 2.47 bits per heavy atom. The number of carbonyl (C=O) groups excluding carboxylic acids is 2. The summed E-state index contributed by atoms with van der Waals surface area (Å²) in [6, 6.07) is 8.50. The molecule has 32 heavy (non-hydrogen) atoms. The predicted octanol–water partition coefficient (Wildman–Crippen LogP) is 1.80. The lowest BCUT2D eigenvalue weighted by atomic mass is 10.0. The van der Waals surface area contributed by atoms with Gasteiger partial charge in [0.1, 0.15) is 11.9 Å². The van der Waals surface area contributed by atoms with Gasteiger partial charge in [-0.2, -0.15) is 4.31 Å². The molecule has 2 aromatic rings. The number of benzene rings is 1. The summed E-state index contributed by atoms with van der Waals surface area (Å²) in [6.07, 6.45) is 1.64. The first kappa shape index (κ1) is 23.8. The smallest absolute Gasteiger partial charge is 0.251 e. The number of aromatic nitrogens is 1. The van der Waals surface area contributed by atoms with E-state index in [1.165, 1.54) is 28.6 Å². The highest BCUT2D eigenvalue weighted by Gasteiger charge is 2.28. The van der Waals surface area contributed by atoms with Gasteiger partial charge in [-0.05, 0) is 42.7 Å². The van der Waals surface area contributed by atoms with Gasteiger partial charge in [-0.1, -0.05) is 26.0 Å². The summed E-state index contributed by atoms with van der Waals surface area (Å²) >= 11 is 0. The molecular weight excluding hydrogens is 432 g/mol. The third kappa shape index (κ3) is 5.70. The van der Waals surface area contributed by atoms with Crippen LogP contribution < -0.4 is 10.6 Å². The molecule has 2 N–H and O–H groups in total. The van der Waals surface area contributed by atoms with Crippen molar-refractivity contribution in [2.45, 2.75) is 31.7 Å². The van der Waals surface area contributed by atoms with Crippen LogP contribution in [-0.2, 0) is 19.6 Å². The molecule has 1 fully saturated rings. The Labute approximate surface area is 188 Å². The number of morpholine rings is 1. The van der Waals surface area contributed by atoms with E-state index in [1.807, 2.05) is 26.8 Å². The Morgan fingerprint density at radius 1 is 1.12 bits per heavy atom. The van der Waals surface area contributed by atoms with Crippen molar-refractivity contribution < 1.29 is 22.7 Å². The average Bonchev–Trinajstić information content (AvgIpc) is 2.79. The fourth-order valence-corrected chi connectivity index (χ4v) is 4.69. The zero-order chi connectivity index (χ0) is 23.3. The molecule has 0 aliphatic carbocycles. The molecule has 3 rings (SSSR count). The van der Waals surface area contributed by atoms with Crippen molar-refractivity contribution in [1.82, 2.24) is 14.6 Å². The molecule has 0 saturated carbocycles. The van der Waals surface area contributed by atoms with Gasteiger partial charge in [-0.3, -0.25) is 9.59 Å². The van der Waals surface area contributed by atoms with E-state index >= 15 is 0 Å². The van der Waals surface area contributed by atoms with Crippen LogP contribution in [0, 0.1) is 12.8 Å². The third-order valence-corrected chi connectivity index (χ3v) is 7.00. The SMILES string of the molecule is Cc1ccc(NC(=O)[C@@H](NC(=O)c2cccc(S(=O)(=O)N3CCOCC3)c2)C(C)C)nc1. The Balaban J connectivity index is 1.74. The van der Waals surface area contributed by atoms with E-state index in [1.54, 1.807) is 12.3 Å². The second kappa shape index (κ2) is 10.2. The number of carbonyl (C=O) groups is 2. The summed E-state index contributed by atoms with van der Waals surface area (Å²) in [5, 5.41) is 5.42. The molecule has 10 heteroatoms. The van der Waals surface area contributed by atoms with Gasteiger partial charge in [0.15, 0.2) is 0 Å². The van der Waals surface area contributed by atoms with Crippen molar-refractivity contribution in [3.05, 3.63) is 53.7 Å². The minimum atomic E-state index is -3.74. The van der Waals surface area contributed by atoms with Crippen LogP contribution in [0.1, 0.15) is 29.8 Å². The van der Waals surface area contributed by atoms with E-state index in [9.17, 15) is 18.0 Å². The van der Waals surface area contributed by atoms with Gasteiger partial charge in [0.05, 0.1) is 18.1 Å². The average molecular weight is 461 g/mol. The van der Waals surface area contributed by atoms with Crippen LogP contribution in [0.4, 0.5) is 5.82 Å². The summed E-state index contributed by atoms with van der Waals surface area (Å²) < 4.78 is 32.3. The number of pyridine rings is 1. The summed E-state index contributed by atoms with van der Waals surface area (Å²) in [4.78, 5) is 29.8. The Bertz CT molecular complexity index is 1060. The van der Waals surface area contributed by atoms with Crippen molar-refractivity contribution >= 4 is 27.7 Å². The zero-order valence-electron chi connectivity index (χ0n) is 18.4. The van der Waals surface area contributed by atoms with Crippen LogP contribution in [0.2, 0.25) is 0 Å². The van der Waals surface area contributed by atoms with E-state index in [4.69, 9.17) is 4.74 Å². The lowest BCUT2D eigenvalue weighted by molar-refractivity contribution is -0.118. The number of hydrogen-bond acceptors (Lipinski definition) is 6. The summed E-state index contributed by atoms with van der Waals surface area (Å²) in [7, 11) is -3.74. The molecule has 1 saturated heterocycles. The zero-order valence-corrected chi connectivity index (χ0v) is 19.2. The normalized spacial score (nSPS) is 15.9. The van der Waals surface area contributed by atoms with Crippen LogP contribution in [0.25, 0.3) is 0 Å². The molecule has 1 aliphatic heterocycles. The molecule has 1 atom stereocenters. The molecule has 0 radical (unpaired) electrons.